The summed E-state index contributed by atoms with van der Waals surface area (Å²) in [4.78, 5) is 26.7. The second kappa shape index (κ2) is 18.6. The lowest BCUT2D eigenvalue weighted by molar-refractivity contribution is -0.126. The minimum absolute atomic E-state index is 0.213. The molecule has 10 nitrogen and oxygen atoms in total. The minimum atomic E-state index is -0.617. The summed E-state index contributed by atoms with van der Waals surface area (Å²) in [7, 11) is 5.77. The molecular formula is C31H53N5O5. The second-order valence-corrected chi connectivity index (χ2v) is 10.8. The number of hydrogen-bond donors (Lipinski definition) is 3. The number of ether oxygens (including phenoxy) is 1. The number of aromatic nitrogens is 2. The van der Waals surface area contributed by atoms with Crippen molar-refractivity contribution >= 4 is 12.2 Å². The Morgan fingerprint density at radius 3 is 2.41 bits per heavy atom. The van der Waals surface area contributed by atoms with Crippen molar-refractivity contribution in [2.45, 2.75) is 72.7 Å². The van der Waals surface area contributed by atoms with Crippen molar-refractivity contribution in [2.24, 2.45) is 11.8 Å². The Morgan fingerprint density at radius 1 is 1.24 bits per heavy atom. The Hall–Kier alpha value is -2.79. The van der Waals surface area contributed by atoms with Gasteiger partial charge in [-0.2, -0.15) is 5.10 Å². The Labute approximate surface area is 246 Å². The molecule has 0 saturated carbocycles. The lowest BCUT2D eigenvalue weighted by Gasteiger charge is -2.25. The highest BCUT2D eigenvalue weighted by Crippen LogP contribution is 2.32. The molecular weight excluding hydrogens is 522 g/mol. The number of nitrogens with zero attached hydrogens (tertiary/aromatic N) is 4. The van der Waals surface area contributed by atoms with E-state index in [0.717, 1.165) is 30.6 Å². The van der Waals surface area contributed by atoms with Crippen molar-refractivity contribution in [2.75, 3.05) is 47.4 Å². The highest BCUT2D eigenvalue weighted by atomic mass is 16.5. The monoisotopic (exact) mass is 575 g/mol. The van der Waals surface area contributed by atoms with E-state index in [9.17, 15) is 19.8 Å². The van der Waals surface area contributed by atoms with E-state index in [1.54, 1.807) is 6.20 Å². The van der Waals surface area contributed by atoms with Crippen molar-refractivity contribution < 1.29 is 24.5 Å². The van der Waals surface area contributed by atoms with E-state index in [-0.39, 0.29) is 18.4 Å². The molecule has 10 heteroatoms. The molecule has 0 radical (unpaired) electrons. The lowest BCUT2D eigenvalue weighted by atomic mass is 10.0. The van der Waals surface area contributed by atoms with Crippen LogP contribution in [-0.2, 0) is 16.1 Å². The predicted octanol–water partition coefficient (Wildman–Crippen LogP) is 3.23. The first-order chi connectivity index (χ1) is 19.5. The number of aryl methyl sites for hydroxylation is 1. The molecule has 2 heterocycles. The number of carbonyl (C=O) groups excluding carboxylic acids is 2. The van der Waals surface area contributed by atoms with E-state index >= 15 is 0 Å². The van der Waals surface area contributed by atoms with E-state index in [4.69, 9.17) is 4.74 Å². The largest absolute Gasteiger partial charge is 0.492 e. The Bertz CT molecular complexity index is 1040. The van der Waals surface area contributed by atoms with Gasteiger partial charge in [0.05, 0.1) is 30.5 Å². The number of rotatable bonds is 12. The number of aliphatic hydroxyl groups excluding tert-OH is 2. The van der Waals surface area contributed by atoms with Crippen LogP contribution in [0.2, 0.25) is 0 Å². The molecule has 1 aromatic carbocycles. The number of benzene rings is 1. The molecule has 0 spiro atoms. The van der Waals surface area contributed by atoms with Gasteiger partial charge in [-0.05, 0) is 52.5 Å². The summed E-state index contributed by atoms with van der Waals surface area (Å²) in [6, 6.07) is 6.70. The zero-order chi connectivity index (χ0) is 31.1. The van der Waals surface area contributed by atoms with Gasteiger partial charge < -0.3 is 30.0 Å². The average molecular weight is 576 g/mol. The molecule has 4 unspecified atom stereocenters. The third kappa shape index (κ3) is 11.2. The van der Waals surface area contributed by atoms with Gasteiger partial charge in [0, 0.05) is 42.9 Å². The van der Waals surface area contributed by atoms with E-state index in [0.29, 0.717) is 36.8 Å². The quantitative estimate of drug-likeness (QED) is 0.330. The maximum absolute atomic E-state index is 12.9. The smallest absolute Gasteiger partial charge is 0.238 e. The van der Waals surface area contributed by atoms with Crippen molar-refractivity contribution in [3.8, 4) is 17.0 Å². The first-order valence-electron chi connectivity index (χ1n) is 14.7. The van der Waals surface area contributed by atoms with Gasteiger partial charge in [0.25, 0.3) is 0 Å². The molecule has 1 saturated heterocycles. The molecule has 0 bridgehead atoms. The highest BCUT2D eigenvalue weighted by Gasteiger charge is 2.34. The van der Waals surface area contributed by atoms with Crippen LogP contribution in [0, 0.1) is 11.8 Å². The number of likely N-dealkylation sites (N-methyl/N-ethyl adjacent to an activating group) is 2. The van der Waals surface area contributed by atoms with Crippen molar-refractivity contribution in [3.63, 3.8) is 0 Å². The zero-order valence-electron chi connectivity index (χ0n) is 26.5. The van der Waals surface area contributed by atoms with E-state index in [1.807, 2.05) is 101 Å². The normalized spacial score (nSPS) is 18.2. The molecule has 1 amide bonds. The molecule has 3 rings (SSSR count). The molecule has 1 aliphatic rings. The van der Waals surface area contributed by atoms with Crippen molar-refractivity contribution in [3.05, 3.63) is 36.0 Å². The molecule has 3 N–H and O–H groups in total. The number of likely N-dealkylation sites (tertiary alicyclic amines) is 1. The van der Waals surface area contributed by atoms with Crippen LogP contribution in [0.3, 0.4) is 0 Å². The van der Waals surface area contributed by atoms with Gasteiger partial charge in [0.2, 0.25) is 5.91 Å². The third-order valence-electron chi connectivity index (χ3n) is 7.09. The number of carbonyl (C=O) groups is 2. The molecule has 1 fully saturated rings. The van der Waals surface area contributed by atoms with Crippen LogP contribution >= 0.6 is 0 Å². The summed E-state index contributed by atoms with van der Waals surface area (Å²) in [5, 5.41) is 27.3. The van der Waals surface area contributed by atoms with Crippen LogP contribution in [0.1, 0.15) is 59.6 Å². The van der Waals surface area contributed by atoms with Crippen LogP contribution < -0.4 is 10.1 Å². The third-order valence-corrected chi connectivity index (χ3v) is 7.09. The molecule has 1 aliphatic heterocycles. The fourth-order valence-corrected chi connectivity index (χ4v) is 4.20. The van der Waals surface area contributed by atoms with Crippen LogP contribution in [-0.4, -0.2) is 102 Å². The SMILES string of the molecule is CC.CC(C)C(C)C=O.CCn1nccc1-c1ccc(C(CO)NC(=O)C2CC(O)CN2C)c(OCCN(C)C)c1. The summed E-state index contributed by atoms with van der Waals surface area (Å²) in [6.07, 6.45) is 2.62. The topological polar surface area (TPSA) is 120 Å². The van der Waals surface area contributed by atoms with Gasteiger partial charge in [0.1, 0.15) is 18.6 Å². The number of nitrogens with one attached hydrogen (secondary N) is 1. The van der Waals surface area contributed by atoms with Crippen LogP contribution in [0.15, 0.2) is 30.5 Å². The Morgan fingerprint density at radius 2 is 1.93 bits per heavy atom. The molecule has 2 aromatic rings. The first-order valence-corrected chi connectivity index (χ1v) is 14.7. The molecule has 4 atom stereocenters. The number of β-amino-alcohol motifs (C(OH)–C–C–N with tert-alkyl or cyclic N) is 1. The van der Waals surface area contributed by atoms with Crippen molar-refractivity contribution in [1.29, 1.82) is 0 Å². The molecule has 0 aliphatic carbocycles. The van der Waals surface area contributed by atoms with Crippen LogP contribution in [0.4, 0.5) is 0 Å². The predicted molar refractivity (Wildman–Crippen MR) is 164 cm³/mol. The first kappa shape index (κ1) is 36.2. The maximum Gasteiger partial charge on any atom is 0.238 e. The fourth-order valence-electron chi connectivity index (χ4n) is 4.20. The summed E-state index contributed by atoms with van der Waals surface area (Å²) in [6.45, 7) is 14.2. The van der Waals surface area contributed by atoms with Gasteiger partial charge >= 0.3 is 0 Å². The van der Waals surface area contributed by atoms with Gasteiger partial charge in [-0.25, -0.2) is 0 Å². The number of hydrogen-bond acceptors (Lipinski definition) is 8. The summed E-state index contributed by atoms with van der Waals surface area (Å²) >= 11 is 0. The van der Waals surface area contributed by atoms with E-state index in [2.05, 4.69) is 10.4 Å². The summed E-state index contributed by atoms with van der Waals surface area (Å²) in [5.41, 5.74) is 2.64. The number of aldehydes is 1. The minimum Gasteiger partial charge on any atom is -0.492 e. The Kier molecular flexibility index (Phi) is 16.4. The number of aliphatic hydroxyl groups is 2. The molecule has 41 heavy (non-hydrogen) atoms. The summed E-state index contributed by atoms with van der Waals surface area (Å²) < 4.78 is 8.01. The average Bonchev–Trinajstić information content (AvgIpc) is 3.57. The lowest BCUT2D eigenvalue weighted by Crippen LogP contribution is -2.43. The summed E-state index contributed by atoms with van der Waals surface area (Å²) in [5.74, 6) is 1.13. The molecule has 232 valence electrons. The van der Waals surface area contributed by atoms with Crippen molar-refractivity contribution in [1.82, 2.24) is 24.9 Å². The van der Waals surface area contributed by atoms with Gasteiger partial charge in [-0.15, -0.1) is 0 Å². The highest BCUT2D eigenvalue weighted by molar-refractivity contribution is 5.82. The standard InChI is InChI=1S/C23H35N5O4.C6H12O.C2H6/c1-5-28-20(8-9-24-28)16-6-7-18(22(12-16)32-11-10-26(2)3)19(15-29)25-23(31)21-13-17(30)14-27(21)4;1-5(2)6(3)4-7;1-2/h6-9,12,17,19,21,29-30H,5,10-11,13-15H2,1-4H3,(H,25,31);4-6H,1-3H3;1-2H3. The van der Waals surface area contributed by atoms with Gasteiger partial charge in [0.15, 0.2) is 0 Å². The maximum atomic E-state index is 12.9. The second-order valence-electron chi connectivity index (χ2n) is 10.8. The van der Waals surface area contributed by atoms with Gasteiger partial charge in [-0.3, -0.25) is 14.4 Å². The molecule has 1 aromatic heterocycles. The van der Waals surface area contributed by atoms with E-state index in [1.165, 1.54) is 0 Å². The van der Waals surface area contributed by atoms with Crippen LogP contribution in [0.5, 0.6) is 5.75 Å². The van der Waals surface area contributed by atoms with Crippen LogP contribution in [0.25, 0.3) is 11.3 Å². The van der Waals surface area contributed by atoms with Gasteiger partial charge in [-0.1, -0.05) is 46.8 Å². The van der Waals surface area contributed by atoms with E-state index < -0.39 is 18.2 Å². The zero-order valence-corrected chi connectivity index (χ0v) is 26.5. The Balaban J connectivity index is 0.000000816. The fraction of sp³-hybridized carbons (Fsp3) is 0.645. The number of amides is 1.